The predicted molar refractivity (Wildman–Crippen MR) is 86.5 cm³/mol. The highest BCUT2D eigenvalue weighted by molar-refractivity contribution is 5.83. The van der Waals surface area contributed by atoms with Crippen molar-refractivity contribution in [3.05, 3.63) is 85.2 Å². The number of hydrogen-bond acceptors (Lipinski definition) is 1. The highest BCUT2D eigenvalue weighted by atomic mass is 15.0. The summed E-state index contributed by atoms with van der Waals surface area (Å²) < 4.78 is 2.15. The van der Waals surface area contributed by atoms with Crippen molar-refractivity contribution in [3.8, 4) is 16.9 Å². The molecule has 0 spiro atoms. The van der Waals surface area contributed by atoms with E-state index in [1.807, 2.05) is 18.3 Å². The second-order valence-corrected chi connectivity index (χ2v) is 4.99. The van der Waals surface area contributed by atoms with Crippen LogP contribution in [0.25, 0.3) is 27.8 Å². The maximum absolute atomic E-state index is 4.61. The Morgan fingerprint density at radius 1 is 0.714 bits per heavy atom. The van der Waals surface area contributed by atoms with Gasteiger partial charge >= 0.3 is 0 Å². The van der Waals surface area contributed by atoms with E-state index in [2.05, 4.69) is 76.4 Å². The number of pyridine rings is 1. The van der Waals surface area contributed by atoms with Gasteiger partial charge in [0.25, 0.3) is 0 Å². The van der Waals surface area contributed by atoms with E-state index in [1.165, 1.54) is 16.5 Å². The van der Waals surface area contributed by atoms with Gasteiger partial charge in [-0.1, -0.05) is 48.5 Å². The first-order valence-corrected chi connectivity index (χ1v) is 7.00. The first kappa shape index (κ1) is 11.9. The molecule has 21 heavy (non-hydrogen) atoms. The molecule has 0 aliphatic carbocycles. The third kappa shape index (κ3) is 2.01. The third-order valence-electron chi connectivity index (χ3n) is 3.70. The van der Waals surface area contributed by atoms with Crippen molar-refractivity contribution in [1.82, 2.24) is 9.55 Å². The van der Waals surface area contributed by atoms with E-state index >= 15 is 0 Å². The van der Waals surface area contributed by atoms with Crippen LogP contribution in [-0.4, -0.2) is 9.55 Å². The molecule has 2 aromatic heterocycles. The van der Waals surface area contributed by atoms with Gasteiger partial charge in [-0.15, -0.1) is 0 Å². The SMILES string of the molecule is c1ccc(-c2cccnc2-n2ccc3ccccc32)cc1. The van der Waals surface area contributed by atoms with Crippen LogP contribution in [0.2, 0.25) is 0 Å². The molecule has 4 aromatic rings. The molecule has 0 aliphatic rings. The molecule has 0 atom stereocenters. The summed E-state index contributed by atoms with van der Waals surface area (Å²) in [5, 5.41) is 1.22. The quantitative estimate of drug-likeness (QED) is 0.516. The van der Waals surface area contributed by atoms with E-state index in [4.69, 9.17) is 0 Å². The zero-order chi connectivity index (χ0) is 14.1. The van der Waals surface area contributed by atoms with E-state index in [0.717, 1.165) is 11.4 Å². The second kappa shape index (κ2) is 4.91. The average Bonchev–Trinajstić information content (AvgIpc) is 3.00. The molecule has 2 heteroatoms. The molecule has 2 nitrogen and oxygen atoms in total. The van der Waals surface area contributed by atoms with Gasteiger partial charge in [0.15, 0.2) is 0 Å². The number of fused-ring (bicyclic) bond motifs is 1. The number of rotatable bonds is 2. The molecule has 0 unspecified atom stereocenters. The summed E-state index contributed by atoms with van der Waals surface area (Å²) in [6.45, 7) is 0. The van der Waals surface area contributed by atoms with Crippen LogP contribution in [-0.2, 0) is 0 Å². The number of nitrogens with zero attached hydrogens (tertiary/aromatic N) is 2. The first-order chi connectivity index (χ1) is 10.4. The number of hydrogen-bond donors (Lipinski definition) is 0. The van der Waals surface area contributed by atoms with Gasteiger partial charge in [0.05, 0.1) is 5.52 Å². The lowest BCUT2D eigenvalue weighted by atomic mass is 10.1. The maximum Gasteiger partial charge on any atom is 0.144 e. The minimum Gasteiger partial charge on any atom is -0.301 e. The Morgan fingerprint density at radius 3 is 2.43 bits per heavy atom. The van der Waals surface area contributed by atoms with Crippen LogP contribution < -0.4 is 0 Å². The van der Waals surface area contributed by atoms with E-state index in [-0.39, 0.29) is 0 Å². The smallest absolute Gasteiger partial charge is 0.144 e. The molecule has 0 fully saturated rings. The molecule has 2 heterocycles. The van der Waals surface area contributed by atoms with Crippen LogP contribution in [0.3, 0.4) is 0 Å². The molecular formula is C19H14N2. The predicted octanol–water partition coefficient (Wildman–Crippen LogP) is 4.69. The van der Waals surface area contributed by atoms with Gasteiger partial charge in [0.2, 0.25) is 0 Å². The Balaban J connectivity index is 1.98. The normalized spacial score (nSPS) is 10.9. The van der Waals surface area contributed by atoms with Gasteiger partial charge in [0, 0.05) is 18.0 Å². The standard InChI is InChI=1S/C19H14N2/c1-2-7-15(8-3-1)17-10-6-13-20-19(17)21-14-12-16-9-4-5-11-18(16)21/h1-14H. The molecule has 4 rings (SSSR count). The molecular weight excluding hydrogens is 256 g/mol. The molecule has 0 saturated heterocycles. The van der Waals surface area contributed by atoms with E-state index in [0.29, 0.717) is 0 Å². The Hall–Kier alpha value is -2.87. The maximum atomic E-state index is 4.61. The van der Waals surface area contributed by atoms with Crippen molar-refractivity contribution in [2.45, 2.75) is 0 Å². The lowest BCUT2D eigenvalue weighted by Gasteiger charge is -2.10. The topological polar surface area (TPSA) is 17.8 Å². The fourth-order valence-electron chi connectivity index (χ4n) is 2.70. The van der Waals surface area contributed by atoms with E-state index in [1.54, 1.807) is 0 Å². The molecule has 0 radical (unpaired) electrons. The number of aromatic nitrogens is 2. The Morgan fingerprint density at radius 2 is 1.52 bits per heavy atom. The minimum atomic E-state index is 0.963. The lowest BCUT2D eigenvalue weighted by molar-refractivity contribution is 1.05. The Labute approximate surface area is 123 Å². The molecule has 0 saturated carbocycles. The number of para-hydroxylation sites is 1. The van der Waals surface area contributed by atoms with Crippen LogP contribution in [0.4, 0.5) is 0 Å². The van der Waals surface area contributed by atoms with Crippen molar-refractivity contribution in [2.75, 3.05) is 0 Å². The Bertz CT molecular complexity index is 892. The highest BCUT2D eigenvalue weighted by Gasteiger charge is 2.09. The summed E-state index contributed by atoms with van der Waals surface area (Å²) in [5.41, 5.74) is 3.49. The zero-order valence-corrected chi connectivity index (χ0v) is 11.5. The molecule has 0 aliphatic heterocycles. The summed E-state index contributed by atoms with van der Waals surface area (Å²) in [4.78, 5) is 4.61. The summed E-state index contributed by atoms with van der Waals surface area (Å²) >= 11 is 0. The van der Waals surface area contributed by atoms with Gasteiger partial charge in [0.1, 0.15) is 5.82 Å². The molecule has 0 N–H and O–H groups in total. The average molecular weight is 270 g/mol. The van der Waals surface area contributed by atoms with Crippen molar-refractivity contribution in [1.29, 1.82) is 0 Å². The van der Waals surface area contributed by atoms with Gasteiger partial charge in [-0.2, -0.15) is 0 Å². The van der Waals surface area contributed by atoms with Crippen LogP contribution in [0.15, 0.2) is 85.2 Å². The van der Waals surface area contributed by atoms with Crippen molar-refractivity contribution in [2.24, 2.45) is 0 Å². The van der Waals surface area contributed by atoms with Crippen molar-refractivity contribution in [3.63, 3.8) is 0 Å². The van der Waals surface area contributed by atoms with Crippen molar-refractivity contribution >= 4 is 10.9 Å². The monoisotopic (exact) mass is 270 g/mol. The third-order valence-corrected chi connectivity index (χ3v) is 3.70. The molecule has 2 aromatic carbocycles. The Kier molecular flexibility index (Phi) is 2.79. The van der Waals surface area contributed by atoms with E-state index in [9.17, 15) is 0 Å². The van der Waals surface area contributed by atoms with Gasteiger partial charge in [-0.25, -0.2) is 4.98 Å². The molecule has 100 valence electrons. The summed E-state index contributed by atoms with van der Waals surface area (Å²) in [5.74, 6) is 0.963. The lowest BCUT2D eigenvalue weighted by Crippen LogP contribution is -1.98. The molecule has 0 bridgehead atoms. The van der Waals surface area contributed by atoms with Crippen LogP contribution in [0.1, 0.15) is 0 Å². The highest BCUT2D eigenvalue weighted by Crippen LogP contribution is 2.27. The fraction of sp³-hybridized carbons (Fsp3) is 0. The summed E-state index contributed by atoms with van der Waals surface area (Å²) in [6.07, 6.45) is 3.93. The van der Waals surface area contributed by atoms with Gasteiger partial charge in [-0.05, 0) is 35.2 Å². The fourth-order valence-corrected chi connectivity index (χ4v) is 2.70. The minimum absolute atomic E-state index is 0.963. The first-order valence-electron chi connectivity index (χ1n) is 7.00. The summed E-state index contributed by atoms with van der Waals surface area (Å²) in [6, 6.07) is 25.0. The van der Waals surface area contributed by atoms with Crippen LogP contribution >= 0.6 is 0 Å². The second-order valence-electron chi connectivity index (χ2n) is 4.99. The summed E-state index contributed by atoms with van der Waals surface area (Å²) in [7, 11) is 0. The van der Waals surface area contributed by atoms with Gasteiger partial charge in [-0.3, -0.25) is 0 Å². The number of benzene rings is 2. The van der Waals surface area contributed by atoms with Crippen LogP contribution in [0, 0.1) is 0 Å². The zero-order valence-electron chi connectivity index (χ0n) is 11.5. The largest absolute Gasteiger partial charge is 0.301 e. The van der Waals surface area contributed by atoms with Gasteiger partial charge < -0.3 is 4.57 Å². The van der Waals surface area contributed by atoms with Crippen molar-refractivity contribution < 1.29 is 0 Å². The molecule has 0 amide bonds. The van der Waals surface area contributed by atoms with E-state index < -0.39 is 0 Å². The van der Waals surface area contributed by atoms with Crippen LogP contribution in [0.5, 0.6) is 0 Å².